The van der Waals surface area contributed by atoms with Crippen molar-refractivity contribution in [3.05, 3.63) is 72.3 Å². The zero-order valence-electron chi connectivity index (χ0n) is 12.8. The smallest absolute Gasteiger partial charge is 0.138 e. The predicted molar refractivity (Wildman–Crippen MR) is 93.2 cm³/mol. The second-order valence-corrected chi connectivity index (χ2v) is 6.03. The van der Waals surface area contributed by atoms with Crippen LogP contribution in [0, 0.1) is 0 Å². The lowest BCUT2D eigenvalue weighted by molar-refractivity contribution is 0.657. The van der Waals surface area contributed by atoms with Crippen molar-refractivity contribution >= 4 is 21.9 Å². The fourth-order valence-corrected chi connectivity index (χ4v) is 3.18. The minimum absolute atomic E-state index is 0.449. The van der Waals surface area contributed by atoms with E-state index in [1.54, 1.807) is 0 Å². The van der Waals surface area contributed by atoms with Crippen LogP contribution in [0.5, 0.6) is 0 Å². The third kappa shape index (κ3) is 1.93. The summed E-state index contributed by atoms with van der Waals surface area (Å²) in [4.78, 5) is 0. The Bertz CT molecular complexity index is 946. The van der Waals surface area contributed by atoms with Crippen molar-refractivity contribution in [3.8, 4) is 11.1 Å². The van der Waals surface area contributed by atoms with Crippen LogP contribution < -0.4 is 0 Å². The Kier molecular flexibility index (Phi) is 3.00. The van der Waals surface area contributed by atoms with E-state index in [2.05, 4.69) is 74.5 Å². The van der Waals surface area contributed by atoms with Gasteiger partial charge in [-0.15, -0.1) is 0 Å². The van der Waals surface area contributed by atoms with E-state index in [-0.39, 0.29) is 0 Å². The second-order valence-electron chi connectivity index (χ2n) is 6.03. The Balaban J connectivity index is 2.13. The molecule has 0 aliphatic rings. The third-order valence-electron chi connectivity index (χ3n) is 4.26. The quantitative estimate of drug-likeness (QED) is 0.417. The Morgan fingerprint density at radius 1 is 0.773 bits per heavy atom. The summed E-state index contributed by atoms with van der Waals surface area (Å²) in [6.07, 6.45) is 0. The van der Waals surface area contributed by atoms with E-state index in [1.165, 1.54) is 27.5 Å². The molecule has 1 nitrogen and oxygen atoms in total. The van der Waals surface area contributed by atoms with Crippen molar-refractivity contribution < 1.29 is 4.42 Å². The minimum atomic E-state index is 0.449. The van der Waals surface area contributed by atoms with Gasteiger partial charge in [-0.05, 0) is 28.7 Å². The standard InChI is InChI=1S/C21H18O/c1-14(2)16-10-6-12-18-20-17(15-8-4-3-5-9-15)11-7-13-19(20)22-21(16)18/h3-14H,1-2H3. The fourth-order valence-electron chi connectivity index (χ4n) is 3.18. The molecule has 0 atom stereocenters. The Hall–Kier alpha value is -2.54. The summed E-state index contributed by atoms with van der Waals surface area (Å²) < 4.78 is 6.21. The van der Waals surface area contributed by atoms with E-state index in [9.17, 15) is 0 Å². The molecule has 0 radical (unpaired) electrons. The van der Waals surface area contributed by atoms with Gasteiger partial charge in [-0.3, -0.25) is 0 Å². The molecule has 0 N–H and O–H groups in total. The molecule has 0 saturated heterocycles. The van der Waals surface area contributed by atoms with Crippen LogP contribution in [-0.2, 0) is 0 Å². The van der Waals surface area contributed by atoms with Crippen LogP contribution in [0.3, 0.4) is 0 Å². The van der Waals surface area contributed by atoms with Crippen molar-refractivity contribution in [1.82, 2.24) is 0 Å². The van der Waals surface area contributed by atoms with Gasteiger partial charge in [0.1, 0.15) is 11.2 Å². The number of fused-ring (bicyclic) bond motifs is 3. The lowest BCUT2D eigenvalue weighted by atomic mass is 9.96. The van der Waals surface area contributed by atoms with Crippen LogP contribution in [0.15, 0.2) is 71.1 Å². The molecule has 0 aliphatic carbocycles. The number of rotatable bonds is 2. The van der Waals surface area contributed by atoms with Crippen molar-refractivity contribution in [2.24, 2.45) is 0 Å². The second kappa shape index (κ2) is 5.03. The molecule has 1 heteroatoms. The lowest BCUT2D eigenvalue weighted by Gasteiger charge is -2.05. The van der Waals surface area contributed by atoms with Crippen LogP contribution in [0.4, 0.5) is 0 Å². The number of furan rings is 1. The first-order valence-corrected chi connectivity index (χ1v) is 7.75. The Morgan fingerprint density at radius 3 is 2.32 bits per heavy atom. The zero-order chi connectivity index (χ0) is 15.1. The Morgan fingerprint density at radius 2 is 1.55 bits per heavy atom. The van der Waals surface area contributed by atoms with Crippen LogP contribution in [0.25, 0.3) is 33.1 Å². The molecule has 4 aromatic rings. The van der Waals surface area contributed by atoms with Crippen molar-refractivity contribution in [3.63, 3.8) is 0 Å². The summed E-state index contributed by atoms with van der Waals surface area (Å²) in [5.41, 5.74) is 5.72. The van der Waals surface area contributed by atoms with Gasteiger partial charge in [-0.2, -0.15) is 0 Å². The highest BCUT2D eigenvalue weighted by Gasteiger charge is 2.15. The van der Waals surface area contributed by atoms with Gasteiger partial charge in [0.2, 0.25) is 0 Å². The Labute approximate surface area is 130 Å². The highest BCUT2D eigenvalue weighted by atomic mass is 16.3. The van der Waals surface area contributed by atoms with E-state index in [1.807, 2.05) is 6.07 Å². The van der Waals surface area contributed by atoms with Gasteiger partial charge >= 0.3 is 0 Å². The summed E-state index contributed by atoms with van der Waals surface area (Å²) in [7, 11) is 0. The maximum absolute atomic E-state index is 6.21. The molecule has 0 fully saturated rings. The highest BCUT2D eigenvalue weighted by molar-refractivity contribution is 6.13. The van der Waals surface area contributed by atoms with Crippen LogP contribution in [-0.4, -0.2) is 0 Å². The van der Waals surface area contributed by atoms with Crippen LogP contribution in [0.1, 0.15) is 25.3 Å². The van der Waals surface area contributed by atoms with Gasteiger partial charge in [0.15, 0.2) is 0 Å². The highest BCUT2D eigenvalue weighted by Crippen LogP contribution is 2.38. The normalized spacial score (nSPS) is 11.6. The average molecular weight is 286 g/mol. The number of hydrogen-bond donors (Lipinski definition) is 0. The van der Waals surface area contributed by atoms with Gasteiger partial charge in [-0.25, -0.2) is 0 Å². The van der Waals surface area contributed by atoms with E-state index in [0.717, 1.165) is 11.2 Å². The molecule has 108 valence electrons. The first kappa shape index (κ1) is 13.1. The molecule has 3 aromatic carbocycles. The van der Waals surface area contributed by atoms with Gasteiger partial charge in [0.05, 0.1) is 0 Å². The molecule has 0 aliphatic heterocycles. The molecule has 0 amide bonds. The molecule has 0 spiro atoms. The number of para-hydroxylation sites is 1. The molecule has 4 rings (SSSR count). The van der Waals surface area contributed by atoms with Crippen molar-refractivity contribution in [2.75, 3.05) is 0 Å². The summed E-state index contributed by atoms with van der Waals surface area (Å²) in [5, 5.41) is 2.42. The summed E-state index contributed by atoms with van der Waals surface area (Å²) in [6.45, 7) is 4.42. The minimum Gasteiger partial charge on any atom is -0.456 e. The molecular formula is C21H18O. The van der Waals surface area contributed by atoms with Crippen LogP contribution >= 0.6 is 0 Å². The summed E-state index contributed by atoms with van der Waals surface area (Å²) >= 11 is 0. The van der Waals surface area contributed by atoms with Crippen LogP contribution in [0.2, 0.25) is 0 Å². The topological polar surface area (TPSA) is 13.1 Å². The van der Waals surface area contributed by atoms with Crippen molar-refractivity contribution in [2.45, 2.75) is 19.8 Å². The predicted octanol–water partition coefficient (Wildman–Crippen LogP) is 6.38. The third-order valence-corrected chi connectivity index (χ3v) is 4.26. The van der Waals surface area contributed by atoms with Gasteiger partial charge in [0.25, 0.3) is 0 Å². The average Bonchev–Trinajstić information content (AvgIpc) is 2.94. The number of benzene rings is 3. The van der Waals surface area contributed by atoms with E-state index in [4.69, 9.17) is 4.42 Å². The molecule has 0 saturated carbocycles. The molecule has 1 heterocycles. The molecule has 1 aromatic heterocycles. The van der Waals surface area contributed by atoms with E-state index >= 15 is 0 Å². The molecule has 0 bridgehead atoms. The molecule has 0 unspecified atom stereocenters. The summed E-state index contributed by atoms with van der Waals surface area (Å²) in [5.74, 6) is 0.449. The van der Waals surface area contributed by atoms with Gasteiger partial charge in [-0.1, -0.05) is 74.5 Å². The first-order chi connectivity index (χ1) is 10.8. The maximum Gasteiger partial charge on any atom is 0.138 e. The first-order valence-electron chi connectivity index (χ1n) is 7.75. The van der Waals surface area contributed by atoms with Crippen molar-refractivity contribution in [1.29, 1.82) is 0 Å². The molecule has 22 heavy (non-hydrogen) atoms. The van der Waals surface area contributed by atoms with E-state index < -0.39 is 0 Å². The largest absolute Gasteiger partial charge is 0.456 e. The maximum atomic E-state index is 6.21. The monoisotopic (exact) mass is 286 g/mol. The summed E-state index contributed by atoms with van der Waals surface area (Å²) in [6, 6.07) is 23.3. The number of hydrogen-bond acceptors (Lipinski definition) is 1. The fraction of sp³-hybridized carbons (Fsp3) is 0.143. The van der Waals surface area contributed by atoms with Gasteiger partial charge in [0, 0.05) is 10.8 Å². The SMILES string of the molecule is CC(C)c1cccc2c1oc1cccc(-c3ccccc3)c12. The zero-order valence-corrected chi connectivity index (χ0v) is 12.8. The molecular weight excluding hydrogens is 268 g/mol. The lowest BCUT2D eigenvalue weighted by Crippen LogP contribution is -1.86. The van der Waals surface area contributed by atoms with E-state index in [0.29, 0.717) is 5.92 Å². The van der Waals surface area contributed by atoms with Gasteiger partial charge < -0.3 is 4.42 Å².